The van der Waals surface area contributed by atoms with Crippen LogP contribution in [0.3, 0.4) is 0 Å². The van der Waals surface area contributed by atoms with Gasteiger partial charge in [-0.3, -0.25) is 13.6 Å². The lowest BCUT2D eigenvalue weighted by Gasteiger charge is -2.11. The molecule has 0 aliphatic heterocycles. The number of nitrogens with zero attached hydrogens (tertiary/aromatic N) is 4. The smallest absolute Gasteiger partial charge is 0.277 e. The zero-order chi connectivity index (χ0) is 19.2. The Hall–Kier alpha value is -3.53. The van der Waals surface area contributed by atoms with Crippen molar-refractivity contribution in [3.05, 3.63) is 75.4 Å². The van der Waals surface area contributed by atoms with Crippen LogP contribution in [0.5, 0.6) is 0 Å². The SMILES string of the molecule is Cn1c(=O)n(OS(=O)(=O)c2ccccc2)c(=O)c2nc3ccccc3nc21. The van der Waals surface area contributed by atoms with Crippen molar-refractivity contribution in [3.63, 3.8) is 0 Å². The fraction of sp³-hybridized carbons (Fsp3) is 0.0588. The lowest BCUT2D eigenvalue weighted by molar-refractivity contribution is 0.248. The van der Waals surface area contributed by atoms with E-state index < -0.39 is 21.4 Å². The topological polar surface area (TPSA) is 113 Å². The highest BCUT2D eigenvalue weighted by Gasteiger charge is 2.22. The molecule has 27 heavy (non-hydrogen) atoms. The van der Waals surface area contributed by atoms with E-state index in [1.165, 1.54) is 31.3 Å². The monoisotopic (exact) mass is 384 g/mol. The zero-order valence-electron chi connectivity index (χ0n) is 13.9. The van der Waals surface area contributed by atoms with Gasteiger partial charge in [0.05, 0.1) is 11.0 Å². The normalized spacial score (nSPS) is 11.7. The van der Waals surface area contributed by atoms with Crippen molar-refractivity contribution >= 4 is 32.3 Å². The van der Waals surface area contributed by atoms with Gasteiger partial charge in [0.15, 0.2) is 11.2 Å². The molecule has 0 aliphatic carbocycles. The zero-order valence-corrected chi connectivity index (χ0v) is 14.8. The molecule has 0 spiro atoms. The van der Waals surface area contributed by atoms with E-state index in [2.05, 4.69) is 9.97 Å². The minimum absolute atomic E-state index is 0.0284. The lowest BCUT2D eigenvalue weighted by atomic mass is 10.3. The Morgan fingerprint density at radius 2 is 1.48 bits per heavy atom. The summed E-state index contributed by atoms with van der Waals surface area (Å²) >= 11 is 0. The number of hydrogen-bond donors (Lipinski definition) is 0. The van der Waals surface area contributed by atoms with Crippen LogP contribution in [0.4, 0.5) is 0 Å². The molecule has 0 aliphatic rings. The summed E-state index contributed by atoms with van der Waals surface area (Å²) in [5.74, 6) is 0. The third kappa shape index (κ3) is 2.75. The number of aromatic nitrogens is 4. The Morgan fingerprint density at radius 1 is 0.889 bits per heavy atom. The molecule has 0 saturated carbocycles. The molecule has 2 aromatic carbocycles. The largest absolute Gasteiger partial charge is 0.367 e. The van der Waals surface area contributed by atoms with Crippen molar-refractivity contribution < 1.29 is 12.7 Å². The molecule has 0 radical (unpaired) electrons. The Bertz CT molecular complexity index is 1410. The summed E-state index contributed by atoms with van der Waals surface area (Å²) < 4.78 is 30.8. The summed E-state index contributed by atoms with van der Waals surface area (Å²) in [5, 5.41) is 0. The van der Waals surface area contributed by atoms with Crippen molar-refractivity contribution in [2.45, 2.75) is 4.90 Å². The van der Waals surface area contributed by atoms with Crippen molar-refractivity contribution in [2.24, 2.45) is 7.05 Å². The van der Waals surface area contributed by atoms with Gasteiger partial charge < -0.3 is 0 Å². The van der Waals surface area contributed by atoms with Crippen molar-refractivity contribution in [2.75, 3.05) is 0 Å². The number of para-hydroxylation sites is 2. The highest BCUT2D eigenvalue weighted by atomic mass is 32.2. The van der Waals surface area contributed by atoms with E-state index in [-0.39, 0.29) is 20.8 Å². The molecule has 4 rings (SSSR count). The van der Waals surface area contributed by atoms with E-state index in [1.807, 2.05) is 0 Å². The Balaban J connectivity index is 1.98. The van der Waals surface area contributed by atoms with E-state index >= 15 is 0 Å². The average molecular weight is 384 g/mol. The molecule has 0 N–H and O–H groups in total. The Morgan fingerprint density at radius 3 is 2.15 bits per heavy atom. The molecule has 0 saturated heterocycles. The highest BCUT2D eigenvalue weighted by molar-refractivity contribution is 7.87. The Labute approximate surface area is 152 Å². The molecule has 0 fully saturated rings. The van der Waals surface area contributed by atoms with Gasteiger partial charge in [-0.2, -0.15) is 8.42 Å². The summed E-state index contributed by atoms with van der Waals surface area (Å²) in [4.78, 5) is 33.5. The van der Waals surface area contributed by atoms with Gasteiger partial charge in [0, 0.05) is 7.05 Å². The van der Waals surface area contributed by atoms with E-state index in [9.17, 15) is 18.0 Å². The second-order valence-corrected chi connectivity index (χ2v) is 7.20. The van der Waals surface area contributed by atoms with Gasteiger partial charge in [0.25, 0.3) is 0 Å². The van der Waals surface area contributed by atoms with Crippen LogP contribution < -0.4 is 15.5 Å². The molecule has 2 aromatic heterocycles. The molecular weight excluding hydrogens is 372 g/mol. The molecule has 9 nitrogen and oxygen atoms in total. The van der Waals surface area contributed by atoms with Crippen LogP contribution in [0.25, 0.3) is 22.2 Å². The fourth-order valence-corrected chi connectivity index (χ4v) is 3.48. The maximum absolute atomic E-state index is 12.7. The van der Waals surface area contributed by atoms with Gasteiger partial charge in [-0.1, -0.05) is 35.1 Å². The van der Waals surface area contributed by atoms with Gasteiger partial charge in [0.1, 0.15) is 4.90 Å². The number of benzene rings is 2. The summed E-state index contributed by atoms with van der Waals surface area (Å²) in [5.41, 5.74) is -1.23. The summed E-state index contributed by atoms with van der Waals surface area (Å²) in [6.45, 7) is 0. The van der Waals surface area contributed by atoms with Gasteiger partial charge in [-0.05, 0) is 24.3 Å². The summed E-state index contributed by atoms with van der Waals surface area (Å²) in [7, 11) is -3.04. The van der Waals surface area contributed by atoms with Crippen LogP contribution in [0.1, 0.15) is 0 Å². The van der Waals surface area contributed by atoms with Gasteiger partial charge in [-0.15, -0.1) is 0 Å². The van der Waals surface area contributed by atoms with Crippen LogP contribution >= 0.6 is 0 Å². The maximum Gasteiger partial charge on any atom is 0.367 e. The first kappa shape index (κ1) is 16.9. The number of hydrogen-bond acceptors (Lipinski definition) is 7. The Kier molecular flexibility index (Phi) is 3.77. The third-order valence-electron chi connectivity index (χ3n) is 3.92. The summed E-state index contributed by atoms with van der Waals surface area (Å²) in [6.07, 6.45) is 0. The average Bonchev–Trinajstić information content (AvgIpc) is 2.69. The van der Waals surface area contributed by atoms with E-state index in [0.717, 1.165) is 4.57 Å². The molecule has 0 unspecified atom stereocenters. The first-order chi connectivity index (χ1) is 12.9. The van der Waals surface area contributed by atoms with Crippen LogP contribution in [-0.4, -0.2) is 27.7 Å². The standard InChI is InChI=1S/C17H12N4O5S/c1-20-15-14(18-12-9-5-6-10-13(12)19-15)16(22)21(17(20)23)26-27(24,25)11-7-3-2-4-8-11/h2-10H,1H3. The van der Waals surface area contributed by atoms with Crippen LogP contribution in [0, 0.1) is 0 Å². The first-order valence-corrected chi connectivity index (χ1v) is 9.18. The maximum atomic E-state index is 12.7. The molecule has 0 atom stereocenters. The molecule has 0 bridgehead atoms. The van der Waals surface area contributed by atoms with Crippen molar-refractivity contribution in [1.82, 2.24) is 19.3 Å². The van der Waals surface area contributed by atoms with Crippen LogP contribution in [0.15, 0.2) is 69.1 Å². The lowest BCUT2D eigenvalue weighted by Crippen LogP contribution is -2.45. The number of aryl methyl sites for hydroxylation is 1. The number of rotatable bonds is 3. The predicted molar refractivity (Wildman–Crippen MR) is 96.8 cm³/mol. The van der Waals surface area contributed by atoms with E-state index in [1.54, 1.807) is 30.3 Å². The van der Waals surface area contributed by atoms with Gasteiger partial charge >= 0.3 is 21.4 Å². The predicted octanol–water partition coefficient (Wildman–Crippen LogP) is 0.461. The molecule has 4 aromatic rings. The molecule has 10 heteroatoms. The van der Waals surface area contributed by atoms with E-state index in [4.69, 9.17) is 4.28 Å². The van der Waals surface area contributed by atoms with Gasteiger partial charge in [-0.25, -0.2) is 14.8 Å². The minimum atomic E-state index is -4.38. The molecular formula is C17H12N4O5S. The van der Waals surface area contributed by atoms with Crippen LogP contribution in [-0.2, 0) is 17.2 Å². The van der Waals surface area contributed by atoms with E-state index in [0.29, 0.717) is 11.0 Å². The quantitative estimate of drug-likeness (QED) is 0.472. The fourth-order valence-electron chi connectivity index (χ4n) is 2.57. The highest BCUT2D eigenvalue weighted by Crippen LogP contribution is 2.12. The molecule has 0 amide bonds. The first-order valence-electron chi connectivity index (χ1n) is 7.77. The second-order valence-electron chi connectivity index (χ2n) is 5.67. The molecule has 2 heterocycles. The second kappa shape index (κ2) is 6.02. The third-order valence-corrected chi connectivity index (χ3v) is 5.12. The van der Waals surface area contributed by atoms with Crippen molar-refractivity contribution in [1.29, 1.82) is 0 Å². The minimum Gasteiger partial charge on any atom is -0.277 e. The summed E-state index contributed by atoms with van der Waals surface area (Å²) in [6, 6.07) is 14.0. The van der Waals surface area contributed by atoms with Crippen molar-refractivity contribution in [3.8, 4) is 0 Å². The number of fused-ring (bicyclic) bond motifs is 2. The van der Waals surface area contributed by atoms with Crippen LogP contribution in [0.2, 0.25) is 0 Å². The molecule has 136 valence electrons. The van der Waals surface area contributed by atoms with Gasteiger partial charge in [0.2, 0.25) is 0 Å².